The number of aromatic nitrogens is 2. The fourth-order valence-corrected chi connectivity index (χ4v) is 7.94. The van der Waals surface area contributed by atoms with Crippen molar-refractivity contribution in [1.29, 1.82) is 0 Å². The highest BCUT2D eigenvalue weighted by Gasteiger charge is 2.18. The Morgan fingerprint density at radius 2 is 1.04 bits per heavy atom. The van der Waals surface area contributed by atoms with Gasteiger partial charge in [0.1, 0.15) is 11.2 Å². The topological polar surface area (TPSA) is 38.9 Å². The van der Waals surface area contributed by atoms with Gasteiger partial charge in [-0.1, -0.05) is 145 Å². The second-order valence-corrected chi connectivity index (χ2v) is 13.8. The molecule has 55 heavy (non-hydrogen) atoms. The van der Waals surface area contributed by atoms with Crippen molar-refractivity contribution in [3.63, 3.8) is 0 Å². The summed E-state index contributed by atoms with van der Waals surface area (Å²) < 4.78 is 49.7. The van der Waals surface area contributed by atoms with Gasteiger partial charge in [0, 0.05) is 27.5 Å². The SMILES string of the molecule is [2H]c1c([2H])c([2H])c(-c2nc(-c3cc(-c4ccccc4)cc(-c4ccc5oc6ccccc6c5c4)c3)cc(-c3c4ccccc4cc4c3ccc3ccccc34)n2)c([2H])c1[2H]. The predicted octanol–water partition coefficient (Wildman–Crippen LogP) is 14.2. The number of hydrogen-bond donors (Lipinski definition) is 0. The number of benzene rings is 9. The Morgan fingerprint density at radius 3 is 1.89 bits per heavy atom. The summed E-state index contributed by atoms with van der Waals surface area (Å²) in [6, 6.07) is 53.6. The van der Waals surface area contributed by atoms with Crippen LogP contribution in [0.3, 0.4) is 0 Å². The summed E-state index contributed by atoms with van der Waals surface area (Å²) in [5, 5.41) is 8.29. The van der Waals surface area contributed by atoms with Gasteiger partial charge in [-0.15, -0.1) is 0 Å². The molecule has 0 bridgehead atoms. The van der Waals surface area contributed by atoms with Crippen LogP contribution in [0.5, 0.6) is 0 Å². The molecule has 0 radical (unpaired) electrons. The van der Waals surface area contributed by atoms with Crippen molar-refractivity contribution in [2.24, 2.45) is 0 Å². The van der Waals surface area contributed by atoms with Crippen LogP contribution in [-0.2, 0) is 0 Å². The summed E-state index contributed by atoms with van der Waals surface area (Å²) in [6.45, 7) is 0. The van der Waals surface area contributed by atoms with Crippen LogP contribution in [0.4, 0.5) is 0 Å². The minimum absolute atomic E-state index is 0.0410. The summed E-state index contributed by atoms with van der Waals surface area (Å²) in [5.74, 6) is 0.0410. The number of hydrogen-bond acceptors (Lipinski definition) is 3. The molecular formula is C52H32N2O. The van der Waals surface area contributed by atoms with E-state index >= 15 is 0 Å². The Morgan fingerprint density at radius 1 is 0.364 bits per heavy atom. The van der Waals surface area contributed by atoms with Crippen LogP contribution in [0.2, 0.25) is 0 Å². The summed E-state index contributed by atoms with van der Waals surface area (Å²) in [7, 11) is 0. The molecule has 2 heterocycles. The lowest BCUT2D eigenvalue weighted by atomic mass is 9.90. The van der Waals surface area contributed by atoms with Crippen LogP contribution in [0.25, 0.3) is 110 Å². The predicted molar refractivity (Wildman–Crippen MR) is 229 cm³/mol. The minimum Gasteiger partial charge on any atom is -0.456 e. The maximum atomic E-state index is 9.02. The average molecular weight is 706 g/mol. The molecule has 0 aliphatic carbocycles. The van der Waals surface area contributed by atoms with E-state index < -0.39 is 18.1 Å². The molecule has 0 N–H and O–H groups in total. The van der Waals surface area contributed by atoms with E-state index in [1.54, 1.807) is 0 Å². The van der Waals surface area contributed by atoms with Gasteiger partial charge in [-0.05, 0) is 103 Å². The van der Waals surface area contributed by atoms with Gasteiger partial charge in [-0.2, -0.15) is 0 Å². The standard InChI is InChI=1S/C52H32N2O/c1-3-13-33(14-4-1)38-27-39(36-24-26-50-46(30-36)43-21-11-12-22-49(43)55-50)29-40(28-38)47-32-48(54-52(53-47)35-16-5-2-6-17-35)51-42-20-10-8-18-37(42)31-45-41-19-9-7-15-34(41)23-25-44(45)51/h1-32H/i2D,5D,6D,16D,17D. The molecule has 0 unspecified atom stereocenters. The lowest BCUT2D eigenvalue weighted by molar-refractivity contribution is 0.669. The van der Waals surface area contributed by atoms with E-state index in [-0.39, 0.29) is 23.5 Å². The van der Waals surface area contributed by atoms with E-state index in [2.05, 4.69) is 91.0 Å². The second kappa shape index (κ2) is 12.6. The summed E-state index contributed by atoms with van der Waals surface area (Å²) in [5.41, 5.74) is 8.23. The van der Waals surface area contributed by atoms with Crippen molar-refractivity contribution in [3.8, 4) is 56.2 Å². The third-order valence-corrected chi connectivity index (χ3v) is 10.5. The highest BCUT2D eigenvalue weighted by Crippen LogP contribution is 2.41. The fourth-order valence-electron chi connectivity index (χ4n) is 7.94. The van der Waals surface area contributed by atoms with Gasteiger partial charge < -0.3 is 4.42 Å². The van der Waals surface area contributed by atoms with E-state index in [4.69, 9.17) is 21.2 Å². The molecule has 0 spiro atoms. The van der Waals surface area contributed by atoms with Crippen LogP contribution in [0.15, 0.2) is 198 Å². The first-order valence-electron chi connectivity index (χ1n) is 20.7. The maximum absolute atomic E-state index is 9.02. The van der Waals surface area contributed by atoms with E-state index in [9.17, 15) is 0 Å². The van der Waals surface area contributed by atoms with E-state index in [0.29, 0.717) is 11.4 Å². The summed E-state index contributed by atoms with van der Waals surface area (Å²) in [6.07, 6.45) is 0. The van der Waals surface area contributed by atoms with Gasteiger partial charge in [0.25, 0.3) is 0 Å². The van der Waals surface area contributed by atoms with Crippen LogP contribution < -0.4 is 0 Å². The van der Waals surface area contributed by atoms with Crippen molar-refractivity contribution in [1.82, 2.24) is 9.97 Å². The Kier molecular flexibility index (Phi) is 6.07. The van der Waals surface area contributed by atoms with E-state index in [0.717, 1.165) is 87.6 Å². The van der Waals surface area contributed by atoms with Crippen molar-refractivity contribution in [2.45, 2.75) is 0 Å². The molecule has 256 valence electrons. The molecule has 3 nitrogen and oxygen atoms in total. The molecule has 0 saturated carbocycles. The molecule has 0 amide bonds. The molecule has 2 aromatic heterocycles. The van der Waals surface area contributed by atoms with E-state index in [1.165, 1.54) is 0 Å². The van der Waals surface area contributed by atoms with Gasteiger partial charge in [-0.3, -0.25) is 0 Å². The molecule has 0 aliphatic heterocycles. The Labute approximate surface area is 324 Å². The maximum Gasteiger partial charge on any atom is 0.160 e. The van der Waals surface area contributed by atoms with E-state index in [1.807, 2.05) is 72.8 Å². The fraction of sp³-hybridized carbons (Fsp3) is 0. The summed E-state index contributed by atoms with van der Waals surface area (Å²) >= 11 is 0. The van der Waals surface area contributed by atoms with Crippen LogP contribution in [0.1, 0.15) is 6.85 Å². The largest absolute Gasteiger partial charge is 0.456 e. The van der Waals surface area contributed by atoms with Gasteiger partial charge >= 0.3 is 0 Å². The molecule has 11 rings (SSSR count). The normalized spacial score (nSPS) is 12.9. The zero-order valence-electron chi connectivity index (χ0n) is 34.4. The third kappa shape index (κ3) is 5.36. The third-order valence-electron chi connectivity index (χ3n) is 10.5. The van der Waals surface area contributed by atoms with Crippen molar-refractivity contribution in [2.75, 3.05) is 0 Å². The number of para-hydroxylation sites is 1. The first-order valence-corrected chi connectivity index (χ1v) is 18.2. The molecule has 9 aromatic carbocycles. The highest BCUT2D eigenvalue weighted by molar-refractivity contribution is 6.20. The van der Waals surface area contributed by atoms with Crippen LogP contribution in [-0.4, -0.2) is 9.97 Å². The Balaban J connectivity index is 1.23. The number of rotatable bonds is 5. The van der Waals surface area contributed by atoms with Crippen LogP contribution in [0, 0.1) is 0 Å². The van der Waals surface area contributed by atoms with Gasteiger partial charge in [0.15, 0.2) is 5.82 Å². The molecule has 0 atom stereocenters. The quantitative estimate of drug-likeness (QED) is 0.132. The van der Waals surface area contributed by atoms with Gasteiger partial charge in [0.05, 0.1) is 18.2 Å². The summed E-state index contributed by atoms with van der Waals surface area (Å²) in [4.78, 5) is 10.2. The first kappa shape index (κ1) is 26.4. The van der Waals surface area contributed by atoms with Crippen molar-refractivity contribution in [3.05, 3.63) is 194 Å². The Bertz CT molecular complexity index is 3530. The van der Waals surface area contributed by atoms with Crippen LogP contribution >= 0.6 is 0 Å². The molecule has 0 aliphatic rings. The molecule has 0 fully saturated rings. The van der Waals surface area contributed by atoms with Crippen molar-refractivity contribution < 1.29 is 11.3 Å². The van der Waals surface area contributed by atoms with Gasteiger partial charge in [-0.25, -0.2) is 9.97 Å². The number of nitrogens with zero attached hydrogens (tertiary/aromatic N) is 2. The molecule has 3 heteroatoms. The van der Waals surface area contributed by atoms with Crippen molar-refractivity contribution >= 4 is 54.3 Å². The lowest BCUT2D eigenvalue weighted by Gasteiger charge is -2.16. The monoisotopic (exact) mass is 705 g/mol. The molecule has 11 aromatic rings. The second-order valence-electron chi connectivity index (χ2n) is 13.8. The zero-order valence-corrected chi connectivity index (χ0v) is 29.4. The highest BCUT2D eigenvalue weighted by atomic mass is 16.3. The lowest BCUT2D eigenvalue weighted by Crippen LogP contribution is -1.98. The number of fused-ring (bicyclic) bond motifs is 7. The zero-order chi connectivity index (χ0) is 40.6. The van der Waals surface area contributed by atoms with Gasteiger partial charge in [0.2, 0.25) is 0 Å². The average Bonchev–Trinajstić information content (AvgIpc) is 3.67. The molecular weight excluding hydrogens is 669 g/mol. The molecule has 0 saturated heterocycles. The smallest absolute Gasteiger partial charge is 0.160 e. The first-order chi connectivity index (χ1) is 29.3. The number of furan rings is 1. The Hall–Kier alpha value is -7.36. The minimum atomic E-state index is -0.473.